The lowest BCUT2D eigenvalue weighted by atomic mass is 9.94. The van der Waals surface area contributed by atoms with Crippen LogP contribution in [-0.4, -0.2) is 49.6 Å². The van der Waals surface area contributed by atoms with Crippen LogP contribution in [0.4, 0.5) is 8.78 Å². The zero-order chi connectivity index (χ0) is 19.0. The third-order valence-electron chi connectivity index (χ3n) is 4.19. The molecule has 1 heterocycles. The molecule has 0 spiro atoms. The van der Waals surface area contributed by atoms with Gasteiger partial charge in [0, 0.05) is 44.7 Å². The second-order valence-corrected chi connectivity index (χ2v) is 6.38. The molecule has 2 rings (SSSR count). The standard InChI is InChI=1S/C18H27F2N3O3/c1-3-21-17(23-12-18(24)6-8-25-9-7-18)22-11-14-10-13(2)4-5-15(14)26-16(19)20/h4-5,10,16,24H,3,6-9,11-12H2,1-2H3,(H2,21,22,23). The summed E-state index contributed by atoms with van der Waals surface area (Å²) < 4.78 is 35.0. The van der Waals surface area contributed by atoms with Gasteiger partial charge in [0.05, 0.1) is 12.1 Å². The number of hydrogen-bond donors (Lipinski definition) is 3. The highest BCUT2D eigenvalue weighted by atomic mass is 19.3. The van der Waals surface area contributed by atoms with Gasteiger partial charge in [0.15, 0.2) is 5.96 Å². The van der Waals surface area contributed by atoms with E-state index in [-0.39, 0.29) is 12.3 Å². The summed E-state index contributed by atoms with van der Waals surface area (Å²) in [7, 11) is 0. The highest BCUT2D eigenvalue weighted by molar-refractivity contribution is 5.79. The second-order valence-electron chi connectivity index (χ2n) is 6.38. The molecule has 6 nitrogen and oxygen atoms in total. The zero-order valence-electron chi connectivity index (χ0n) is 15.2. The van der Waals surface area contributed by atoms with Crippen LogP contribution in [0.2, 0.25) is 0 Å². The maximum Gasteiger partial charge on any atom is 0.387 e. The monoisotopic (exact) mass is 371 g/mol. The number of halogens is 2. The molecule has 146 valence electrons. The van der Waals surface area contributed by atoms with Gasteiger partial charge in [-0.3, -0.25) is 0 Å². The molecule has 1 aliphatic heterocycles. The minimum Gasteiger partial charge on any atom is -0.434 e. The fourth-order valence-electron chi connectivity index (χ4n) is 2.73. The molecule has 8 heteroatoms. The Kier molecular flexibility index (Phi) is 7.59. The largest absolute Gasteiger partial charge is 0.434 e. The van der Waals surface area contributed by atoms with Gasteiger partial charge in [-0.05, 0) is 19.9 Å². The first-order valence-corrected chi connectivity index (χ1v) is 8.78. The number of nitrogens with one attached hydrogen (secondary N) is 2. The number of ether oxygens (including phenoxy) is 2. The summed E-state index contributed by atoms with van der Waals surface area (Å²) in [5.74, 6) is 0.630. The third kappa shape index (κ3) is 6.42. The van der Waals surface area contributed by atoms with Crippen molar-refractivity contribution in [2.24, 2.45) is 4.99 Å². The molecule has 26 heavy (non-hydrogen) atoms. The minimum absolute atomic E-state index is 0.119. The molecule has 0 aliphatic carbocycles. The number of benzene rings is 1. The maximum atomic E-state index is 12.6. The van der Waals surface area contributed by atoms with Gasteiger partial charge in [0.2, 0.25) is 0 Å². The van der Waals surface area contributed by atoms with Crippen LogP contribution in [0.1, 0.15) is 30.9 Å². The van der Waals surface area contributed by atoms with Crippen LogP contribution in [0.25, 0.3) is 0 Å². The second kappa shape index (κ2) is 9.68. The summed E-state index contributed by atoms with van der Waals surface area (Å²) in [5.41, 5.74) is 0.681. The first kappa shape index (κ1) is 20.4. The van der Waals surface area contributed by atoms with Gasteiger partial charge in [0.1, 0.15) is 5.75 Å². The minimum atomic E-state index is -2.88. The lowest BCUT2D eigenvalue weighted by molar-refractivity contribution is -0.0594. The van der Waals surface area contributed by atoms with E-state index in [4.69, 9.17) is 4.74 Å². The molecule has 0 saturated carbocycles. The van der Waals surface area contributed by atoms with E-state index >= 15 is 0 Å². The van der Waals surface area contributed by atoms with Crippen LogP contribution in [0.5, 0.6) is 5.75 Å². The van der Waals surface area contributed by atoms with Crippen molar-refractivity contribution in [3.63, 3.8) is 0 Å². The predicted molar refractivity (Wildman–Crippen MR) is 95.6 cm³/mol. The summed E-state index contributed by atoms with van der Waals surface area (Å²) in [6, 6.07) is 5.02. The molecule has 0 amide bonds. The number of guanidine groups is 1. The number of hydrogen-bond acceptors (Lipinski definition) is 4. The molecule has 0 aromatic heterocycles. The van der Waals surface area contributed by atoms with Crippen LogP contribution in [0, 0.1) is 6.92 Å². The van der Waals surface area contributed by atoms with E-state index in [2.05, 4.69) is 20.4 Å². The van der Waals surface area contributed by atoms with Crippen molar-refractivity contribution in [2.45, 2.75) is 45.4 Å². The van der Waals surface area contributed by atoms with Crippen molar-refractivity contribution in [3.8, 4) is 5.75 Å². The fourth-order valence-corrected chi connectivity index (χ4v) is 2.73. The van der Waals surface area contributed by atoms with Gasteiger partial charge in [-0.1, -0.05) is 17.7 Å². The van der Waals surface area contributed by atoms with E-state index in [1.54, 1.807) is 12.1 Å². The van der Waals surface area contributed by atoms with E-state index in [9.17, 15) is 13.9 Å². The Morgan fingerprint density at radius 1 is 1.35 bits per heavy atom. The molecular formula is C18H27F2N3O3. The highest BCUT2D eigenvalue weighted by Gasteiger charge is 2.29. The summed E-state index contributed by atoms with van der Waals surface area (Å²) >= 11 is 0. The Morgan fingerprint density at radius 3 is 2.73 bits per heavy atom. The summed E-state index contributed by atoms with van der Waals surface area (Å²) in [4.78, 5) is 4.44. The Balaban J connectivity index is 2.05. The molecular weight excluding hydrogens is 344 g/mol. The molecule has 3 N–H and O–H groups in total. The maximum absolute atomic E-state index is 12.6. The van der Waals surface area contributed by atoms with E-state index < -0.39 is 12.2 Å². The summed E-state index contributed by atoms with van der Waals surface area (Å²) in [5, 5.41) is 16.7. The quantitative estimate of drug-likeness (QED) is 0.506. The molecule has 0 atom stereocenters. The third-order valence-corrected chi connectivity index (χ3v) is 4.19. The number of aliphatic hydroxyl groups is 1. The van der Waals surface area contributed by atoms with Crippen LogP contribution in [0.15, 0.2) is 23.2 Å². The van der Waals surface area contributed by atoms with Crippen LogP contribution >= 0.6 is 0 Å². The van der Waals surface area contributed by atoms with Crippen molar-refractivity contribution in [1.82, 2.24) is 10.6 Å². The fraction of sp³-hybridized carbons (Fsp3) is 0.611. The van der Waals surface area contributed by atoms with E-state index in [1.165, 1.54) is 6.07 Å². The van der Waals surface area contributed by atoms with Gasteiger partial charge in [0.25, 0.3) is 0 Å². The summed E-state index contributed by atoms with van der Waals surface area (Å²) in [6.07, 6.45) is 1.12. The molecule has 1 saturated heterocycles. The molecule has 0 radical (unpaired) electrons. The molecule has 1 fully saturated rings. The Morgan fingerprint density at radius 2 is 2.08 bits per heavy atom. The van der Waals surface area contributed by atoms with Crippen LogP contribution in [0.3, 0.4) is 0 Å². The zero-order valence-corrected chi connectivity index (χ0v) is 15.2. The van der Waals surface area contributed by atoms with E-state index in [0.29, 0.717) is 50.7 Å². The van der Waals surface area contributed by atoms with Crippen molar-refractivity contribution in [3.05, 3.63) is 29.3 Å². The number of nitrogens with zero attached hydrogens (tertiary/aromatic N) is 1. The lowest BCUT2D eigenvalue weighted by Crippen LogP contribution is -2.49. The van der Waals surface area contributed by atoms with Gasteiger partial charge in [-0.2, -0.15) is 8.78 Å². The van der Waals surface area contributed by atoms with E-state index in [0.717, 1.165) is 5.56 Å². The molecule has 0 bridgehead atoms. The van der Waals surface area contributed by atoms with Gasteiger partial charge < -0.3 is 25.2 Å². The van der Waals surface area contributed by atoms with Crippen molar-refractivity contribution >= 4 is 5.96 Å². The lowest BCUT2D eigenvalue weighted by Gasteiger charge is -2.32. The van der Waals surface area contributed by atoms with Crippen molar-refractivity contribution < 1.29 is 23.4 Å². The summed E-state index contributed by atoms with van der Waals surface area (Å²) in [6.45, 7) is 3.16. The predicted octanol–water partition coefficient (Wildman–Crippen LogP) is 2.19. The van der Waals surface area contributed by atoms with Crippen LogP contribution < -0.4 is 15.4 Å². The number of alkyl halides is 2. The molecule has 1 aliphatic rings. The SMILES string of the molecule is CCNC(=NCc1cc(C)ccc1OC(F)F)NCC1(O)CCOCC1. The Bertz CT molecular complexity index is 605. The van der Waals surface area contributed by atoms with Gasteiger partial charge in [-0.25, -0.2) is 4.99 Å². The first-order chi connectivity index (χ1) is 12.4. The Labute approximate surface area is 152 Å². The molecule has 1 aromatic rings. The van der Waals surface area contributed by atoms with Gasteiger partial charge in [-0.15, -0.1) is 0 Å². The van der Waals surface area contributed by atoms with Crippen LogP contribution in [-0.2, 0) is 11.3 Å². The van der Waals surface area contributed by atoms with Gasteiger partial charge >= 0.3 is 6.61 Å². The normalized spacial score (nSPS) is 17.2. The van der Waals surface area contributed by atoms with E-state index in [1.807, 2.05) is 13.8 Å². The van der Waals surface area contributed by atoms with Crippen molar-refractivity contribution in [2.75, 3.05) is 26.3 Å². The Hall–Kier alpha value is -1.93. The molecule has 0 unspecified atom stereocenters. The topological polar surface area (TPSA) is 75.1 Å². The number of aliphatic imine (C=N–C) groups is 1. The highest BCUT2D eigenvalue weighted by Crippen LogP contribution is 2.23. The number of aryl methyl sites for hydroxylation is 1. The smallest absolute Gasteiger partial charge is 0.387 e. The van der Waals surface area contributed by atoms with Crippen molar-refractivity contribution in [1.29, 1.82) is 0 Å². The number of rotatable bonds is 7. The molecule has 1 aromatic carbocycles. The average Bonchev–Trinajstić information content (AvgIpc) is 2.60. The first-order valence-electron chi connectivity index (χ1n) is 8.78. The average molecular weight is 371 g/mol.